The Morgan fingerprint density at radius 3 is 1.87 bits per heavy atom. The minimum Gasteiger partial charge on any atom is -0.310 e. The van der Waals surface area contributed by atoms with Crippen LogP contribution in [0.1, 0.15) is 62.8 Å². The SMILES string of the molecule is CCC1(CC)c2ccc(N(c3ccc4c(c3)C(C)(C)c3ccccc3-4)c3cccc4ccccc34)cc2-c2cc3ccccc3cc21. The van der Waals surface area contributed by atoms with E-state index in [0.29, 0.717) is 0 Å². The Morgan fingerprint density at radius 2 is 1.06 bits per heavy atom. The predicted octanol–water partition coefficient (Wildman–Crippen LogP) is 12.9. The summed E-state index contributed by atoms with van der Waals surface area (Å²) in [6, 6.07) is 52.6. The van der Waals surface area contributed by atoms with E-state index >= 15 is 0 Å². The molecule has 7 aromatic carbocycles. The summed E-state index contributed by atoms with van der Waals surface area (Å²) in [7, 11) is 0. The Balaban J connectivity index is 1.30. The number of benzene rings is 7. The van der Waals surface area contributed by atoms with E-state index in [1.54, 1.807) is 0 Å². The van der Waals surface area contributed by atoms with E-state index in [1.165, 1.54) is 83.1 Å². The van der Waals surface area contributed by atoms with E-state index in [9.17, 15) is 0 Å². The molecule has 228 valence electrons. The summed E-state index contributed by atoms with van der Waals surface area (Å²) in [5, 5.41) is 5.13. The van der Waals surface area contributed by atoms with Crippen LogP contribution in [-0.2, 0) is 10.8 Å². The summed E-state index contributed by atoms with van der Waals surface area (Å²) in [5.74, 6) is 0. The third-order valence-corrected chi connectivity index (χ3v) is 11.5. The molecule has 0 N–H and O–H groups in total. The van der Waals surface area contributed by atoms with Crippen LogP contribution >= 0.6 is 0 Å². The summed E-state index contributed by atoms with van der Waals surface area (Å²) in [5.41, 5.74) is 14.7. The van der Waals surface area contributed by atoms with Crippen molar-refractivity contribution in [1.29, 1.82) is 0 Å². The molecule has 0 fully saturated rings. The smallest absolute Gasteiger partial charge is 0.0540 e. The second-order valence-electron chi connectivity index (χ2n) is 14.0. The first-order valence-corrected chi connectivity index (χ1v) is 17.1. The predicted molar refractivity (Wildman–Crippen MR) is 200 cm³/mol. The molecule has 0 spiro atoms. The van der Waals surface area contributed by atoms with Crippen LogP contribution < -0.4 is 4.90 Å². The van der Waals surface area contributed by atoms with E-state index in [1.807, 2.05) is 0 Å². The number of hydrogen-bond acceptors (Lipinski definition) is 1. The molecule has 0 bridgehead atoms. The van der Waals surface area contributed by atoms with Gasteiger partial charge < -0.3 is 4.90 Å². The fourth-order valence-electron chi connectivity index (χ4n) is 8.99. The van der Waals surface area contributed by atoms with Crippen LogP contribution in [0.5, 0.6) is 0 Å². The number of hydrogen-bond donors (Lipinski definition) is 0. The first kappa shape index (κ1) is 28.1. The zero-order chi connectivity index (χ0) is 31.9. The van der Waals surface area contributed by atoms with Crippen LogP contribution in [-0.4, -0.2) is 0 Å². The van der Waals surface area contributed by atoms with Crippen LogP contribution in [0.25, 0.3) is 43.8 Å². The Morgan fingerprint density at radius 1 is 0.447 bits per heavy atom. The highest BCUT2D eigenvalue weighted by atomic mass is 15.1. The molecule has 0 saturated heterocycles. The molecule has 7 aromatic rings. The van der Waals surface area contributed by atoms with Gasteiger partial charge in [-0.2, -0.15) is 0 Å². The van der Waals surface area contributed by atoms with Crippen molar-refractivity contribution in [3.63, 3.8) is 0 Å². The molecule has 9 rings (SSSR count). The first-order valence-electron chi connectivity index (χ1n) is 17.1. The van der Waals surface area contributed by atoms with Crippen molar-refractivity contribution < 1.29 is 0 Å². The average molecular weight is 606 g/mol. The van der Waals surface area contributed by atoms with E-state index in [0.717, 1.165) is 12.8 Å². The third kappa shape index (κ3) is 3.90. The van der Waals surface area contributed by atoms with Crippen molar-refractivity contribution in [2.45, 2.75) is 51.4 Å². The van der Waals surface area contributed by atoms with Gasteiger partial charge >= 0.3 is 0 Å². The van der Waals surface area contributed by atoms with E-state index in [-0.39, 0.29) is 10.8 Å². The fraction of sp³-hybridized carbons (Fsp3) is 0.174. The summed E-state index contributed by atoms with van der Waals surface area (Å²) >= 11 is 0. The van der Waals surface area contributed by atoms with Crippen molar-refractivity contribution in [2.24, 2.45) is 0 Å². The molecule has 0 heterocycles. The van der Waals surface area contributed by atoms with Gasteiger partial charge in [-0.05, 0) is 116 Å². The number of rotatable bonds is 5. The zero-order valence-corrected chi connectivity index (χ0v) is 27.6. The topological polar surface area (TPSA) is 3.24 Å². The Bertz CT molecular complexity index is 2370. The highest BCUT2D eigenvalue weighted by molar-refractivity contribution is 6.01. The largest absolute Gasteiger partial charge is 0.310 e. The van der Waals surface area contributed by atoms with Gasteiger partial charge in [-0.15, -0.1) is 0 Å². The molecule has 0 saturated carbocycles. The van der Waals surface area contributed by atoms with Crippen molar-refractivity contribution in [3.8, 4) is 22.3 Å². The molecule has 2 aliphatic carbocycles. The van der Waals surface area contributed by atoms with Crippen LogP contribution in [0.4, 0.5) is 17.1 Å². The normalized spacial score (nSPS) is 14.9. The van der Waals surface area contributed by atoms with Gasteiger partial charge in [-0.3, -0.25) is 0 Å². The lowest BCUT2D eigenvalue weighted by Crippen LogP contribution is -2.23. The number of fused-ring (bicyclic) bond motifs is 8. The molecule has 0 aromatic heterocycles. The lowest BCUT2D eigenvalue weighted by Gasteiger charge is -2.31. The van der Waals surface area contributed by atoms with Crippen molar-refractivity contribution in [2.75, 3.05) is 4.90 Å². The maximum absolute atomic E-state index is 2.50. The maximum Gasteiger partial charge on any atom is 0.0540 e. The Kier molecular flexibility index (Phi) is 6.09. The molecule has 0 aliphatic heterocycles. The van der Waals surface area contributed by atoms with Gasteiger partial charge in [0.2, 0.25) is 0 Å². The molecular weight excluding hydrogens is 567 g/mol. The van der Waals surface area contributed by atoms with Crippen molar-refractivity contribution in [3.05, 3.63) is 162 Å². The molecule has 0 atom stereocenters. The molecular formula is C46H39N. The second kappa shape index (κ2) is 10.2. The van der Waals surface area contributed by atoms with Crippen molar-refractivity contribution in [1.82, 2.24) is 0 Å². The van der Waals surface area contributed by atoms with Crippen molar-refractivity contribution >= 4 is 38.6 Å². The van der Waals surface area contributed by atoms with Gasteiger partial charge in [-0.1, -0.05) is 125 Å². The van der Waals surface area contributed by atoms with Crippen LogP contribution in [0.2, 0.25) is 0 Å². The van der Waals surface area contributed by atoms with Gasteiger partial charge in [0, 0.05) is 27.6 Å². The molecule has 2 aliphatic rings. The van der Waals surface area contributed by atoms with Gasteiger partial charge in [0.15, 0.2) is 0 Å². The van der Waals surface area contributed by atoms with Gasteiger partial charge in [-0.25, -0.2) is 0 Å². The van der Waals surface area contributed by atoms with E-state index < -0.39 is 0 Å². The average Bonchev–Trinajstić information content (AvgIpc) is 3.51. The monoisotopic (exact) mass is 605 g/mol. The second-order valence-corrected chi connectivity index (χ2v) is 14.0. The molecule has 47 heavy (non-hydrogen) atoms. The molecule has 0 amide bonds. The van der Waals surface area contributed by atoms with Crippen LogP contribution in [0.3, 0.4) is 0 Å². The highest BCUT2D eigenvalue weighted by Crippen LogP contribution is 2.56. The minimum atomic E-state index is -0.0772. The number of nitrogens with zero attached hydrogens (tertiary/aromatic N) is 1. The Labute approximate surface area is 278 Å². The minimum absolute atomic E-state index is 0.0148. The highest BCUT2D eigenvalue weighted by Gasteiger charge is 2.41. The quantitative estimate of drug-likeness (QED) is 0.189. The van der Waals surface area contributed by atoms with Gasteiger partial charge in [0.05, 0.1) is 5.69 Å². The zero-order valence-electron chi connectivity index (χ0n) is 27.6. The Hall–Kier alpha value is -5.14. The lowest BCUT2D eigenvalue weighted by molar-refractivity contribution is 0.491. The summed E-state index contributed by atoms with van der Waals surface area (Å²) in [6.45, 7) is 9.46. The molecule has 0 unspecified atom stereocenters. The molecule has 1 nitrogen and oxygen atoms in total. The molecule has 1 heteroatoms. The van der Waals surface area contributed by atoms with E-state index in [2.05, 4.69) is 172 Å². The van der Waals surface area contributed by atoms with Crippen LogP contribution in [0, 0.1) is 0 Å². The fourth-order valence-corrected chi connectivity index (χ4v) is 8.99. The number of anilines is 3. The van der Waals surface area contributed by atoms with Gasteiger partial charge in [0.1, 0.15) is 0 Å². The maximum atomic E-state index is 2.50. The lowest BCUT2D eigenvalue weighted by atomic mass is 9.73. The van der Waals surface area contributed by atoms with Gasteiger partial charge in [0.25, 0.3) is 0 Å². The standard InChI is InChI=1S/C46H39N/c1-5-46(6-2)41-25-23-33(28-39(41)38-26-31-15-7-8-16-32(31)27-43(38)46)47(44-21-13-17-30-14-9-10-18-35(30)44)34-22-24-37-36-19-11-12-20-40(36)45(3,4)42(37)29-34/h7-29H,5-6H2,1-4H3. The first-order chi connectivity index (χ1) is 22.9. The summed E-state index contributed by atoms with van der Waals surface area (Å²) in [4.78, 5) is 2.50. The third-order valence-electron chi connectivity index (χ3n) is 11.5. The molecule has 0 radical (unpaired) electrons. The van der Waals surface area contributed by atoms with E-state index in [4.69, 9.17) is 0 Å². The van der Waals surface area contributed by atoms with Crippen LogP contribution in [0.15, 0.2) is 140 Å². The summed E-state index contributed by atoms with van der Waals surface area (Å²) < 4.78 is 0. The summed E-state index contributed by atoms with van der Waals surface area (Å²) in [6.07, 6.45) is 2.16.